The molecule has 0 spiro atoms. The van der Waals surface area contributed by atoms with Crippen molar-refractivity contribution in [3.05, 3.63) is 0 Å². The van der Waals surface area contributed by atoms with Crippen molar-refractivity contribution in [2.24, 2.45) is 0 Å². The minimum Gasteiger partial charge on any atom is -0.404 e. The third-order valence-electron chi connectivity index (χ3n) is 3.15. The molecule has 0 heterocycles. The van der Waals surface area contributed by atoms with Gasteiger partial charge in [-0.2, -0.15) is 13.2 Å². The molecule has 0 aliphatic heterocycles. The largest absolute Gasteiger partial charge is 0.416 e. The van der Waals surface area contributed by atoms with Crippen LogP contribution >= 0.6 is 0 Å². The minimum atomic E-state index is -4.31. The lowest BCUT2D eigenvalue weighted by atomic mass is 9.99. The van der Waals surface area contributed by atoms with Crippen molar-refractivity contribution < 1.29 is 17.6 Å². The predicted molar refractivity (Wildman–Crippen MR) is 75.9 cm³/mol. The van der Waals surface area contributed by atoms with Gasteiger partial charge in [-0.05, 0) is 59.0 Å². The zero-order valence-corrected chi connectivity index (χ0v) is 14.0. The monoisotopic (exact) mass is 299 g/mol. The van der Waals surface area contributed by atoms with Crippen LogP contribution in [0.4, 0.5) is 13.2 Å². The molecule has 0 rings (SSSR count). The molecule has 0 bridgehead atoms. The van der Waals surface area contributed by atoms with Crippen LogP contribution in [0.25, 0.3) is 0 Å². The van der Waals surface area contributed by atoms with E-state index in [1.165, 1.54) is 6.92 Å². The normalized spacial score (nSPS) is 16.7. The highest BCUT2D eigenvalue weighted by molar-refractivity contribution is 6.69. The fourth-order valence-electron chi connectivity index (χ4n) is 2.11. The van der Waals surface area contributed by atoms with Crippen molar-refractivity contribution >= 4 is 8.32 Å². The van der Waals surface area contributed by atoms with Crippen LogP contribution in [0.1, 0.15) is 33.6 Å². The lowest BCUT2D eigenvalue weighted by Crippen LogP contribution is -2.51. The van der Waals surface area contributed by atoms with E-state index in [1.54, 1.807) is 19.6 Å². The molecule has 116 valence electrons. The van der Waals surface area contributed by atoms with Crippen LogP contribution in [0.3, 0.4) is 0 Å². The average molecular weight is 299 g/mol. The quantitative estimate of drug-likeness (QED) is 0.620. The van der Waals surface area contributed by atoms with Crippen molar-refractivity contribution in [1.82, 2.24) is 4.90 Å². The highest BCUT2D eigenvalue weighted by Crippen LogP contribution is 2.39. The maximum Gasteiger partial charge on any atom is 0.416 e. The van der Waals surface area contributed by atoms with E-state index in [0.29, 0.717) is 13.0 Å². The van der Waals surface area contributed by atoms with E-state index < -0.39 is 20.1 Å². The number of hydrogen-bond acceptors (Lipinski definition) is 2. The first-order valence-corrected chi connectivity index (χ1v) is 10.3. The third kappa shape index (κ3) is 6.76. The Labute approximate surface area is 116 Å². The molecular formula is C13H28F3NOSi. The van der Waals surface area contributed by atoms with E-state index in [4.69, 9.17) is 4.43 Å². The zero-order valence-electron chi connectivity index (χ0n) is 13.0. The first-order valence-electron chi connectivity index (χ1n) is 6.94. The van der Waals surface area contributed by atoms with Crippen LogP contribution < -0.4 is 0 Å². The molecule has 0 aliphatic carbocycles. The fourth-order valence-corrected chi connectivity index (χ4v) is 3.68. The van der Waals surface area contributed by atoms with Gasteiger partial charge in [0.05, 0.1) is 0 Å². The lowest BCUT2D eigenvalue weighted by Gasteiger charge is -2.38. The van der Waals surface area contributed by atoms with E-state index in [0.717, 1.165) is 13.1 Å². The van der Waals surface area contributed by atoms with Gasteiger partial charge < -0.3 is 9.33 Å². The van der Waals surface area contributed by atoms with Gasteiger partial charge in [-0.15, -0.1) is 0 Å². The highest BCUT2D eigenvalue weighted by atomic mass is 28.4. The molecular weight excluding hydrogens is 271 g/mol. The summed E-state index contributed by atoms with van der Waals surface area (Å²) in [6, 6.07) is 0. The number of halogens is 3. The van der Waals surface area contributed by atoms with Gasteiger partial charge in [0.25, 0.3) is 0 Å². The second kappa shape index (κ2) is 7.08. The smallest absolute Gasteiger partial charge is 0.404 e. The Kier molecular flexibility index (Phi) is 7.06. The molecule has 0 aliphatic rings. The summed E-state index contributed by atoms with van der Waals surface area (Å²) >= 11 is 0. The fraction of sp³-hybridized carbons (Fsp3) is 1.00. The minimum absolute atomic E-state index is 0.0251. The van der Waals surface area contributed by atoms with E-state index in [2.05, 4.69) is 4.90 Å². The first-order chi connectivity index (χ1) is 8.45. The van der Waals surface area contributed by atoms with Crippen molar-refractivity contribution in [2.75, 3.05) is 19.6 Å². The summed E-state index contributed by atoms with van der Waals surface area (Å²) in [5, 5.41) is 0. The van der Waals surface area contributed by atoms with Crippen LogP contribution in [0, 0.1) is 0 Å². The number of hydrogen-bond donors (Lipinski definition) is 0. The third-order valence-corrected chi connectivity index (χ3v) is 4.22. The summed E-state index contributed by atoms with van der Waals surface area (Å²) in [5.41, 5.74) is -2.01. The van der Waals surface area contributed by atoms with Gasteiger partial charge in [0.1, 0.15) is 5.60 Å². The number of rotatable bonds is 8. The van der Waals surface area contributed by atoms with Crippen molar-refractivity contribution in [2.45, 2.75) is 65.0 Å². The summed E-state index contributed by atoms with van der Waals surface area (Å²) in [7, 11) is -2.23. The zero-order chi connectivity index (χ0) is 15.3. The van der Waals surface area contributed by atoms with E-state index >= 15 is 0 Å². The van der Waals surface area contributed by atoms with E-state index in [-0.39, 0.29) is 6.42 Å². The Morgan fingerprint density at radius 1 is 1.05 bits per heavy atom. The lowest BCUT2D eigenvalue weighted by molar-refractivity contribution is -0.247. The van der Waals surface area contributed by atoms with E-state index in [9.17, 15) is 13.2 Å². The van der Waals surface area contributed by atoms with Gasteiger partial charge in [0.15, 0.2) is 8.32 Å². The second-order valence-electron chi connectivity index (χ2n) is 6.07. The summed E-state index contributed by atoms with van der Waals surface area (Å²) < 4.78 is 45.1. The Morgan fingerprint density at radius 3 is 1.84 bits per heavy atom. The van der Waals surface area contributed by atoms with Gasteiger partial charge in [-0.3, -0.25) is 0 Å². The maximum absolute atomic E-state index is 13.2. The topological polar surface area (TPSA) is 12.5 Å². The van der Waals surface area contributed by atoms with Gasteiger partial charge in [-0.25, -0.2) is 0 Å². The molecule has 1 unspecified atom stereocenters. The van der Waals surface area contributed by atoms with Gasteiger partial charge >= 0.3 is 6.18 Å². The Bertz CT molecular complexity index is 262. The maximum atomic E-state index is 13.2. The molecule has 6 heteroatoms. The molecule has 0 saturated carbocycles. The Balaban J connectivity index is 4.62. The predicted octanol–water partition coefficient (Wildman–Crippen LogP) is 4.28. The van der Waals surface area contributed by atoms with Gasteiger partial charge in [0.2, 0.25) is 0 Å². The molecule has 0 N–H and O–H groups in total. The molecule has 0 amide bonds. The number of nitrogens with zero attached hydrogens (tertiary/aromatic N) is 1. The molecule has 0 aromatic carbocycles. The molecule has 2 nitrogen and oxygen atoms in total. The molecule has 0 saturated heterocycles. The van der Waals surface area contributed by atoms with Gasteiger partial charge in [0, 0.05) is 0 Å². The number of alkyl halides is 3. The Hall–Kier alpha value is -0.0731. The van der Waals surface area contributed by atoms with Crippen LogP contribution in [-0.2, 0) is 4.43 Å². The van der Waals surface area contributed by atoms with Crippen LogP contribution in [0.2, 0.25) is 19.6 Å². The molecule has 1 atom stereocenters. The molecule has 0 aromatic rings. The summed E-state index contributed by atoms with van der Waals surface area (Å²) in [6.07, 6.45) is -3.78. The average Bonchev–Trinajstić information content (AvgIpc) is 2.20. The second-order valence-corrected chi connectivity index (χ2v) is 10.5. The molecule has 19 heavy (non-hydrogen) atoms. The van der Waals surface area contributed by atoms with Gasteiger partial charge in [-0.1, -0.05) is 13.8 Å². The van der Waals surface area contributed by atoms with Crippen molar-refractivity contribution in [3.8, 4) is 0 Å². The standard InChI is InChI=1S/C13H28F3NOSi/c1-7-17(8-2)11-9-10-12(3,13(14,15)16)18-19(4,5)6/h7-11H2,1-6H3. The van der Waals surface area contributed by atoms with E-state index in [1.807, 2.05) is 13.8 Å². The van der Waals surface area contributed by atoms with Crippen LogP contribution in [0.15, 0.2) is 0 Å². The summed E-state index contributed by atoms with van der Waals surface area (Å²) in [6.45, 7) is 13.0. The highest BCUT2D eigenvalue weighted by Gasteiger charge is 2.53. The summed E-state index contributed by atoms with van der Waals surface area (Å²) in [4.78, 5) is 2.13. The first kappa shape index (κ1) is 18.9. The van der Waals surface area contributed by atoms with Crippen LogP contribution in [-0.4, -0.2) is 44.6 Å². The van der Waals surface area contributed by atoms with Crippen molar-refractivity contribution in [1.29, 1.82) is 0 Å². The molecule has 0 radical (unpaired) electrons. The van der Waals surface area contributed by atoms with Crippen molar-refractivity contribution in [3.63, 3.8) is 0 Å². The summed E-state index contributed by atoms with van der Waals surface area (Å²) in [5.74, 6) is 0. The SMILES string of the molecule is CCN(CC)CCCC(C)(O[Si](C)(C)C)C(F)(F)F. The molecule has 0 aromatic heterocycles. The molecule has 0 fully saturated rings. The Morgan fingerprint density at radius 2 is 1.53 bits per heavy atom. The van der Waals surface area contributed by atoms with Crippen LogP contribution in [0.5, 0.6) is 0 Å².